The fourth-order valence-corrected chi connectivity index (χ4v) is 1.95. The summed E-state index contributed by atoms with van der Waals surface area (Å²) in [5, 5.41) is 5.91. The van der Waals surface area contributed by atoms with Crippen LogP contribution in [0.1, 0.15) is 19.2 Å². The summed E-state index contributed by atoms with van der Waals surface area (Å²) in [7, 11) is 0. The van der Waals surface area contributed by atoms with E-state index in [1.807, 2.05) is 0 Å². The SMILES string of the molecule is CCCNCc1nccn1CC(=O)Nc1cccc(F)c1. The molecule has 5 nitrogen and oxygen atoms in total. The summed E-state index contributed by atoms with van der Waals surface area (Å²) in [4.78, 5) is 16.2. The van der Waals surface area contributed by atoms with Crippen LogP contribution in [0.2, 0.25) is 0 Å². The van der Waals surface area contributed by atoms with Crippen molar-refractivity contribution in [1.82, 2.24) is 14.9 Å². The van der Waals surface area contributed by atoms with Gasteiger partial charge in [-0.2, -0.15) is 0 Å². The first kappa shape index (κ1) is 15.2. The highest BCUT2D eigenvalue weighted by Crippen LogP contribution is 2.09. The van der Waals surface area contributed by atoms with E-state index in [1.165, 1.54) is 12.1 Å². The molecule has 0 aliphatic carbocycles. The molecular formula is C15H19FN4O. The first-order chi connectivity index (χ1) is 10.2. The maximum Gasteiger partial charge on any atom is 0.244 e. The number of benzene rings is 1. The predicted molar refractivity (Wildman–Crippen MR) is 79.3 cm³/mol. The second-order valence-corrected chi connectivity index (χ2v) is 4.71. The molecule has 1 heterocycles. The Bertz CT molecular complexity index is 597. The van der Waals surface area contributed by atoms with Gasteiger partial charge in [-0.3, -0.25) is 4.79 Å². The summed E-state index contributed by atoms with van der Waals surface area (Å²) in [5.74, 6) is 0.216. The second-order valence-electron chi connectivity index (χ2n) is 4.71. The standard InChI is InChI=1S/C15H19FN4O/c1-2-6-17-10-14-18-7-8-20(14)11-15(21)19-13-5-3-4-12(16)9-13/h3-5,7-9,17H,2,6,10-11H2,1H3,(H,19,21). The van der Waals surface area contributed by atoms with Crippen LogP contribution >= 0.6 is 0 Å². The fourth-order valence-electron chi connectivity index (χ4n) is 1.95. The van der Waals surface area contributed by atoms with Crippen LogP contribution in [0.15, 0.2) is 36.7 Å². The third-order valence-electron chi connectivity index (χ3n) is 2.93. The lowest BCUT2D eigenvalue weighted by Crippen LogP contribution is -2.22. The highest BCUT2D eigenvalue weighted by Gasteiger charge is 2.08. The van der Waals surface area contributed by atoms with Gasteiger partial charge in [-0.05, 0) is 31.2 Å². The number of anilines is 1. The van der Waals surface area contributed by atoms with Crippen molar-refractivity contribution in [3.63, 3.8) is 0 Å². The smallest absolute Gasteiger partial charge is 0.244 e. The highest BCUT2D eigenvalue weighted by molar-refractivity contribution is 5.90. The minimum absolute atomic E-state index is 0.152. The van der Waals surface area contributed by atoms with Crippen molar-refractivity contribution in [2.45, 2.75) is 26.4 Å². The van der Waals surface area contributed by atoms with Gasteiger partial charge in [-0.15, -0.1) is 0 Å². The summed E-state index contributed by atoms with van der Waals surface area (Å²) >= 11 is 0. The number of nitrogens with one attached hydrogen (secondary N) is 2. The van der Waals surface area contributed by atoms with Gasteiger partial charge in [0.15, 0.2) is 0 Å². The number of rotatable bonds is 7. The number of hydrogen-bond acceptors (Lipinski definition) is 3. The van der Waals surface area contributed by atoms with E-state index in [-0.39, 0.29) is 18.3 Å². The number of carbonyl (C=O) groups is 1. The monoisotopic (exact) mass is 290 g/mol. The third kappa shape index (κ3) is 4.68. The van der Waals surface area contributed by atoms with E-state index in [9.17, 15) is 9.18 Å². The van der Waals surface area contributed by atoms with Gasteiger partial charge < -0.3 is 15.2 Å². The molecule has 6 heteroatoms. The minimum atomic E-state index is -0.375. The van der Waals surface area contributed by atoms with E-state index < -0.39 is 0 Å². The average Bonchev–Trinajstić information content (AvgIpc) is 2.86. The number of carbonyl (C=O) groups excluding carboxylic acids is 1. The lowest BCUT2D eigenvalue weighted by molar-refractivity contribution is -0.116. The maximum atomic E-state index is 13.1. The number of amides is 1. The molecule has 1 amide bonds. The van der Waals surface area contributed by atoms with Crippen LogP contribution in [0.5, 0.6) is 0 Å². The molecule has 21 heavy (non-hydrogen) atoms. The van der Waals surface area contributed by atoms with E-state index in [0.717, 1.165) is 18.8 Å². The van der Waals surface area contributed by atoms with Crippen molar-refractivity contribution in [1.29, 1.82) is 0 Å². The molecule has 0 bridgehead atoms. The van der Waals surface area contributed by atoms with Crippen LogP contribution in [0.4, 0.5) is 10.1 Å². The average molecular weight is 290 g/mol. The van der Waals surface area contributed by atoms with Gasteiger partial charge in [0, 0.05) is 18.1 Å². The van der Waals surface area contributed by atoms with Crippen molar-refractivity contribution in [2.24, 2.45) is 0 Å². The Balaban J connectivity index is 1.92. The van der Waals surface area contributed by atoms with Crippen molar-refractivity contribution >= 4 is 11.6 Å². The van der Waals surface area contributed by atoms with Gasteiger partial charge in [0.05, 0.1) is 6.54 Å². The fraction of sp³-hybridized carbons (Fsp3) is 0.333. The molecule has 112 valence electrons. The summed E-state index contributed by atoms with van der Waals surface area (Å²) in [6.45, 7) is 3.77. The number of hydrogen-bond donors (Lipinski definition) is 2. The third-order valence-corrected chi connectivity index (χ3v) is 2.93. The molecule has 2 aromatic rings. The molecule has 0 unspecified atom stereocenters. The molecule has 2 N–H and O–H groups in total. The normalized spacial score (nSPS) is 10.6. The van der Waals surface area contributed by atoms with Crippen LogP contribution in [0.3, 0.4) is 0 Å². The van der Waals surface area contributed by atoms with E-state index in [4.69, 9.17) is 0 Å². The van der Waals surface area contributed by atoms with E-state index >= 15 is 0 Å². The lowest BCUT2D eigenvalue weighted by atomic mass is 10.3. The van der Waals surface area contributed by atoms with Crippen LogP contribution in [-0.4, -0.2) is 22.0 Å². The Morgan fingerprint density at radius 1 is 1.43 bits per heavy atom. The topological polar surface area (TPSA) is 59.0 Å². The predicted octanol–water partition coefficient (Wildman–Crippen LogP) is 2.16. The number of nitrogens with zero attached hydrogens (tertiary/aromatic N) is 2. The molecule has 1 aromatic heterocycles. The van der Waals surface area contributed by atoms with Crippen LogP contribution in [0.25, 0.3) is 0 Å². The first-order valence-electron chi connectivity index (χ1n) is 6.95. The van der Waals surface area contributed by atoms with E-state index in [0.29, 0.717) is 12.2 Å². The molecule has 0 spiro atoms. The zero-order valence-corrected chi connectivity index (χ0v) is 12.0. The largest absolute Gasteiger partial charge is 0.324 e. The Kier molecular flexibility index (Phi) is 5.45. The maximum absolute atomic E-state index is 13.1. The zero-order chi connectivity index (χ0) is 15.1. The molecular weight excluding hydrogens is 271 g/mol. The molecule has 0 radical (unpaired) electrons. The van der Waals surface area contributed by atoms with E-state index in [2.05, 4.69) is 22.5 Å². The molecule has 2 rings (SSSR count). The van der Waals surface area contributed by atoms with Crippen molar-refractivity contribution < 1.29 is 9.18 Å². The van der Waals surface area contributed by atoms with Gasteiger partial charge in [-0.1, -0.05) is 13.0 Å². The zero-order valence-electron chi connectivity index (χ0n) is 12.0. The number of halogens is 1. The first-order valence-corrected chi connectivity index (χ1v) is 6.95. The summed E-state index contributed by atoms with van der Waals surface area (Å²) < 4.78 is 14.8. The number of imidazole rings is 1. The van der Waals surface area contributed by atoms with Gasteiger partial charge in [0.2, 0.25) is 5.91 Å². The van der Waals surface area contributed by atoms with Crippen LogP contribution < -0.4 is 10.6 Å². The molecule has 0 fully saturated rings. The van der Waals surface area contributed by atoms with Crippen LogP contribution in [0, 0.1) is 5.82 Å². The summed E-state index contributed by atoms with van der Waals surface area (Å²) in [6.07, 6.45) is 4.47. The molecule has 0 saturated heterocycles. The molecule has 0 aliphatic heterocycles. The second kappa shape index (κ2) is 7.54. The highest BCUT2D eigenvalue weighted by atomic mass is 19.1. The van der Waals surface area contributed by atoms with Crippen molar-refractivity contribution in [3.8, 4) is 0 Å². The van der Waals surface area contributed by atoms with Crippen molar-refractivity contribution in [2.75, 3.05) is 11.9 Å². The molecule has 0 aliphatic rings. The summed E-state index contributed by atoms with van der Waals surface area (Å²) in [6, 6.07) is 5.83. The van der Waals surface area contributed by atoms with Gasteiger partial charge in [0.25, 0.3) is 0 Å². The Morgan fingerprint density at radius 2 is 2.29 bits per heavy atom. The van der Waals surface area contributed by atoms with Gasteiger partial charge in [0.1, 0.15) is 18.2 Å². The Labute approximate surface area is 123 Å². The Morgan fingerprint density at radius 3 is 3.05 bits per heavy atom. The molecule has 0 atom stereocenters. The van der Waals surface area contributed by atoms with Crippen molar-refractivity contribution in [3.05, 3.63) is 48.3 Å². The molecule has 1 aromatic carbocycles. The summed E-state index contributed by atoms with van der Waals surface area (Å²) in [5.41, 5.74) is 0.450. The Hall–Kier alpha value is -2.21. The minimum Gasteiger partial charge on any atom is -0.324 e. The van der Waals surface area contributed by atoms with Gasteiger partial charge >= 0.3 is 0 Å². The van der Waals surface area contributed by atoms with Crippen LogP contribution in [-0.2, 0) is 17.9 Å². The number of aromatic nitrogens is 2. The van der Waals surface area contributed by atoms with Gasteiger partial charge in [-0.25, -0.2) is 9.37 Å². The van der Waals surface area contributed by atoms with E-state index in [1.54, 1.807) is 29.1 Å². The molecule has 0 saturated carbocycles. The lowest BCUT2D eigenvalue weighted by Gasteiger charge is -2.09. The quantitative estimate of drug-likeness (QED) is 0.768.